The molecule has 0 bridgehead atoms. The van der Waals surface area contributed by atoms with Crippen LogP contribution >= 0.6 is 0 Å². The molecule has 1 rings (SSSR count). The van der Waals surface area contributed by atoms with Crippen molar-refractivity contribution in [2.75, 3.05) is 13.6 Å². The predicted octanol–water partition coefficient (Wildman–Crippen LogP) is 2.41. The van der Waals surface area contributed by atoms with Crippen LogP contribution in [0.1, 0.15) is 39.0 Å². The minimum atomic E-state index is 0.567. The Morgan fingerprint density at radius 3 is 2.54 bits per heavy atom. The van der Waals surface area contributed by atoms with Gasteiger partial charge in [-0.3, -0.25) is 4.90 Å². The van der Waals surface area contributed by atoms with Crippen LogP contribution in [0.2, 0.25) is 0 Å². The van der Waals surface area contributed by atoms with Crippen LogP contribution in [0.3, 0.4) is 0 Å². The van der Waals surface area contributed by atoms with Crippen molar-refractivity contribution in [2.45, 2.75) is 45.1 Å². The first-order valence-electron chi connectivity index (χ1n) is 5.33. The summed E-state index contributed by atoms with van der Waals surface area (Å²) in [6, 6.07) is 2.80. The summed E-state index contributed by atoms with van der Waals surface area (Å²) in [7, 11) is 2.06. The molecule has 1 aliphatic carbocycles. The maximum atomic E-state index is 8.59. The van der Waals surface area contributed by atoms with Crippen molar-refractivity contribution in [2.24, 2.45) is 5.92 Å². The fraction of sp³-hybridized carbons (Fsp3) is 0.909. The van der Waals surface area contributed by atoms with Gasteiger partial charge in [0.25, 0.3) is 0 Å². The van der Waals surface area contributed by atoms with Crippen molar-refractivity contribution in [3.63, 3.8) is 0 Å². The molecule has 0 saturated heterocycles. The number of hydrogen-bond donors (Lipinski definition) is 0. The lowest BCUT2D eigenvalue weighted by atomic mass is 9.84. The van der Waals surface area contributed by atoms with Gasteiger partial charge in [0.2, 0.25) is 0 Å². The van der Waals surface area contributed by atoms with Gasteiger partial charge in [0, 0.05) is 6.04 Å². The predicted molar refractivity (Wildman–Crippen MR) is 54.3 cm³/mol. The molecule has 2 heteroatoms. The molecular weight excluding hydrogens is 160 g/mol. The quantitative estimate of drug-likeness (QED) is 0.624. The lowest BCUT2D eigenvalue weighted by Crippen LogP contribution is -2.36. The molecule has 13 heavy (non-hydrogen) atoms. The van der Waals surface area contributed by atoms with Gasteiger partial charge in [-0.2, -0.15) is 5.26 Å². The van der Waals surface area contributed by atoms with E-state index in [1.54, 1.807) is 0 Å². The van der Waals surface area contributed by atoms with E-state index in [-0.39, 0.29) is 0 Å². The molecule has 0 aromatic rings. The van der Waals surface area contributed by atoms with Crippen LogP contribution in [0.15, 0.2) is 0 Å². The third-order valence-electron chi connectivity index (χ3n) is 3.35. The Bertz CT molecular complexity index is 177. The first-order valence-corrected chi connectivity index (χ1v) is 5.33. The van der Waals surface area contributed by atoms with E-state index in [0.29, 0.717) is 12.6 Å². The van der Waals surface area contributed by atoms with Crippen LogP contribution in [0.25, 0.3) is 0 Å². The highest BCUT2D eigenvalue weighted by molar-refractivity contribution is 4.82. The largest absolute Gasteiger partial charge is 0.291 e. The first-order chi connectivity index (χ1) is 6.25. The lowest BCUT2D eigenvalue weighted by Gasteiger charge is -2.32. The van der Waals surface area contributed by atoms with E-state index in [0.717, 1.165) is 5.92 Å². The summed E-state index contributed by atoms with van der Waals surface area (Å²) in [5.41, 5.74) is 0. The zero-order valence-electron chi connectivity index (χ0n) is 8.79. The highest BCUT2D eigenvalue weighted by atomic mass is 15.1. The summed E-state index contributed by atoms with van der Waals surface area (Å²) in [5.74, 6) is 0.826. The molecule has 0 aromatic heterocycles. The summed E-state index contributed by atoms with van der Waals surface area (Å²) >= 11 is 0. The molecule has 0 aromatic carbocycles. The zero-order valence-corrected chi connectivity index (χ0v) is 8.79. The molecular formula is C11H20N2. The minimum Gasteiger partial charge on any atom is -0.291 e. The Morgan fingerprint density at radius 1 is 1.38 bits per heavy atom. The maximum Gasteiger partial charge on any atom is 0.0865 e. The summed E-state index contributed by atoms with van der Waals surface area (Å²) < 4.78 is 0. The Hall–Kier alpha value is -0.550. The molecule has 1 atom stereocenters. The van der Waals surface area contributed by atoms with E-state index >= 15 is 0 Å². The molecule has 0 unspecified atom stereocenters. The van der Waals surface area contributed by atoms with E-state index in [1.165, 1.54) is 32.1 Å². The van der Waals surface area contributed by atoms with Crippen LogP contribution < -0.4 is 0 Å². The Kier molecular flexibility index (Phi) is 4.24. The van der Waals surface area contributed by atoms with E-state index in [4.69, 9.17) is 5.26 Å². The van der Waals surface area contributed by atoms with Gasteiger partial charge in [0.1, 0.15) is 0 Å². The minimum absolute atomic E-state index is 0.567. The maximum absolute atomic E-state index is 8.59. The number of nitrogens with zero attached hydrogens (tertiary/aromatic N) is 2. The van der Waals surface area contributed by atoms with Crippen LogP contribution in [0, 0.1) is 17.2 Å². The van der Waals surface area contributed by atoms with Gasteiger partial charge in [-0.1, -0.05) is 19.3 Å². The SMILES string of the molecule is C[C@@H](C1CCCCC1)N(C)CC#N. The highest BCUT2D eigenvalue weighted by Crippen LogP contribution is 2.28. The van der Waals surface area contributed by atoms with Crippen LogP contribution in [-0.4, -0.2) is 24.5 Å². The van der Waals surface area contributed by atoms with Crippen molar-refractivity contribution in [1.82, 2.24) is 4.90 Å². The highest BCUT2D eigenvalue weighted by Gasteiger charge is 2.22. The van der Waals surface area contributed by atoms with Crippen molar-refractivity contribution < 1.29 is 0 Å². The number of rotatable bonds is 3. The average Bonchev–Trinajstić information content (AvgIpc) is 2.18. The van der Waals surface area contributed by atoms with Crippen LogP contribution in [0.4, 0.5) is 0 Å². The Balaban J connectivity index is 2.36. The summed E-state index contributed by atoms with van der Waals surface area (Å²) in [5, 5.41) is 8.59. The molecule has 1 fully saturated rings. The fourth-order valence-electron chi connectivity index (χ4n) is 2.23. The molecule has 1 saturated carbocycles. The van der Waals surface area contributed by atoms with E-state index in [9.17, 15) is 0 Å². The van der Waals surface area contributed by atoms with Gasteiger partial charge in [-0.05, 0) is 32.7 Å². The molecule has 0 aliphatic heterocycles. The molecule has 74 valence electrons. The van der Waals surface area contributed by atoms with E-state index in [2.05, 4.69) is 24.9 Å². The van der Waals surface area contributed by atoms with Crippen molar-refractivity contribution in [3.05, 3.63) is 0 Å². The molecule has 0 radical (unpaired) electrons. The topological polar surface area (TPSA) is 27.0 Å². The zero-order chi connectivity index (χ0) is 9.68. The Labute approximate surface area is 81.5 Å². The molecule has 1 aliphatic rings. The van der Waals surface area contributed by atoms with Crippen LogP contribution in [0.5, 0.6) is 0 Å². The number of hydrogen-bond acceptors (Lipinski definition) is 2. The molecule has 0 N–H and O–H groups in total. The van der Waals surface area contributed by atoms with E-state index in [1.807, 2.05) is 0 Å². The molecule has 0 heterocycles. The third kappa shape index (κ3) is 3.00. The standard InChI is InChI=1S/C11H20N2/c1-10(13(2)9-8-12)11-6-4-3-5-7-11/h10-11H,3-7,9H2,1-2H3/t10-/m0/s1. The monoisotopic (exact) mass is 180 g/mol. The van der Waals surface area contributed by atoms with Gasteiger partial charge in [-0.15, -0.1) is 0 Å². The van der Waals surface area contributed by atoms with Gasteiger partial charge < -0.3 is 0 Å². The van der Waals surface area contributed by atoms with Gasteiger partial charge >= 0.3 is 0 Å². The fourth-order valence-corrected chi connectivity index (χ4v) is 2.23. The second-order valence-electron chi connectivity index (χ2n) is 4.21. The second kappa shape index (κ2) is 5.24. The first kappa shape index (κ1) is 10.5. The van der Waals surface area contributed by atoms with Crippen molar-refractivity contribution in [3.8, 4) is 6.07 Å². The number of nitriles is 1. The van der Waals surface area contributed by atoms with Crippen LogP contribution in [-0.2, 0) is 0 Å². The second-order valence-corrected chi connectivity index (χ2v) is 4.21. The smallest absolute Gasteiger partial charge is 0.0865 e. The summed E-state index contributed by atoms with van der Waals surface area (Å²) in [6.07, 6.45) is 6.89. The van der Waals surface area contributed by atoms with Crippen molar-refractivity contribution >= 4 is 0 Å². The summed E-state index contributed by atoms with van der Waals surface area (Å²) in [6.45, 7) is 2.82. The average molecular weight is 180 g/mol. The molecule has 0 amide bonds. The lowest BCUT2D eigenvalue weighted by molar-refractivity contribution is 0.172. The molecule has 2 nitrogen and oxygen atoms in total. The Morgan fingerprint density at radius 2 is 2.00 bits per heavy atom. The molecule has 0 spiro atoms. The van der Waals surface area contributed by atoms with Gasteiger partial charge in [-0.25, -0.2) is 0 Å². The van der Waals surface area contributed by atoms with Gasteiger partial charge in [0.05, 0.1) is 12.6 Å². The van der Waals surface area contributed by atoms with Crippen molar-refractivity contribution in [1.29, 1.82) is 5.26 Å². The van der Waals surface area contributed by atoms with Gasteiger partial charge in [0.15, 0.2) is 0 Å². The third-order valence-corrected chi connectivity index (χ3v) is 3.35. The summed E-state index contributed by atoms with van der Waals surface area (Å²) in [4.78, 5) is 2.18. The normalized spacial score (nSPS) is 21.4. The van der Waals surface area contributed by atoms with E-state index < -0.39 is 0 Å².